The number of ether oxygens (including phenoxy) is 1. The Bertz CT molecular complexity index is 709. The highest BCUT2D eigenvalue weighted by Gasteiger charge is 2.41. The average Bonchev–Trinajstić information content (AvgIpc) is 3.39. The molecule has 0 atom stereocenters. The Kier molecular flexibility index (Phi) is 5.31. The molecule has 144 valence electrons. The Balaban J connectivity index is 1.27. The SMILES string of the molecule is O=S(=O)(C1CC1)N1CCC(Nc2cncc(OCC3CCCC3)n2)CC1. The van der Waals surface area contributed by atoms with Crippen molar-refractivity contribution in [3.8, 4) is 5.88 Å². The molecule has 4 rings (SSSR count). The Morgan fingerprint density at radius 1 is 1.08 bits per heavy atom. The molecule has 2 saturated carbocycles. The molecule has 2 aliphatic carbocycles. The maximum Gasteiger partial charge on any atom is 0.234 e. The van der Waals surface area contributed by atoms with Gasteiger partial charge in [-0.25, -0.2) is 12.7 Å². The summed E-state index contributed by atoms with van der Waals surface area (Å²) < 4.78 is 32.1. The van der Waals surface area contributed by atoms with E-state index in [0.717, 1.165) is 32.3 Å². The molecule has 7 nitrogen and oxygen atoms in total. The molecule has 0 amide bonds. The first-order chi connectivity index (χ1) is 12.6. The van der Waals surface area contributed by atoms with Gasteiger partial charge in [0.25, 0.3) is 0 Å². The zero-order valence-electron chi connectivity index (χ0n) is 15.1. The van der Waals surface area contributed by atoms with Gasteiger partial charge in [-0.05, 0) is 44.4 Å². The van der Waals surface area contributed by atoms with Crippen molar-refractivity contribution in [3.63, 3.8) is 0 Å². The number of rotatable bonds is 7. The number of anilines is 1. The molecule has 1 aliphatic heterocycles. The Hall–Kier alpha value is -1.41. The van der Waals surface area contributed by atoms with Gasteiger partial charge in [0.1, 0.15) is 5.82 Å². The van der Waals surface area contributed by atoms with Crippen LogP contribution in [0.15, 0.2) is 12.4 Å². The minimum atomic E-state index is -3.05. The number of sulfonamides is 1. The van der Waals surface area contributed by atoms with Gasteiger partial charge in [0, 0.05) is 19.1 Å². The van der Waals surface area contributed by atoms with Crippen molar-refractivity contribution in [2.75, 3.05) is 25.0 Å². The van der Waals surface area contributed by atoms with Crippen LogP contribution >= 0.6 is 0 Å². The van der Waals surface area contributed by atoms with Crippen molar-refractivity contribution >= 4 is 15.8 Å². The molecular weight excluding hydrogens is 352 g/mol. The minimum Gasteiger partial charge on any atom is -0.476 e. The molecule has 1 aromatic rings. The molecule has 1 N–H and O–H groups in total. The van der Waals surface area contributed by atoms with E-state index in [-0.39, 0.29) is 11.3 Å². The van der Waals surface area contributed by atoms with Gasteiger partial charge in [-0.1, -0.05) is 12.8 Å². The van der Waals surface area contributed by atoms with Crippen molar-refractivity contribution in [1.29, 1.82) is 0 Å². The molecule has 1 aromatic heterocycles. The van der Waals surface area contributed by atoms with E-state index in [2.05, 4.69) is 15.3 Å². The molecular formula is C18H28N4O3S. The van der Waals surface area contributed by atoms with E-state index >= 15 is 0 Å². The molecule has 2 heterocycles. The maximum absolute atomic E-state index is 12.3. The Morgan fingerprint density at radius 2 is 1.81 bits per heavy atom. The first-order valence-electron chi connectivity index (χ1n) is 9.81. The number of hydrogen-bond acceptors (Lipinski definition) is 6. The third kappa shape index (κ3) is 4.28. The van der Waals surface area contributed by atoms with E-state index in [9.17, 15) is 8.42 Å². The van der Waals surface area contributed by atoms with Gasteiger partial charge in [-0.2, -0.15) is 4.98 Å². The van der Waals surface area contributed by atoms with Crippen molar-refractivity contribution in [2.45, 2.75) is 62.7 Å². The van der Waals surface area contributed by atoms with Crippen LogP contribution in [-0.2, 0) is 10.0 Å². The number of hydrogen-bond donors (Lipinski definition) is 1. The lowest BCUT2D eigenvalue weighted by Gasteiger charge is -2.31. The topological polar surface area (TPSA) is 84.4 Å². The predicted molar refractivity (Wildman–Crippen MR) is 99.6 cm³/mol. The second-order valence-electron chi connectivity index (χ2n) is 7.77. The van der Waals surface area contributed by atoms with Crippen LogP contribution in [0.1, 0.15) is 51.4 Å². The second kappa shape index (κ2) is 7.68. The first kappa shape index (κ1) is 18.0. The van der Waals surface area contributed by atoms with Crippen LogP contribution in [0.2, 0.25) is 0 Å². The van der Waals surface area contributed by atoms with Crippen molar-refractivity contribution in [3.05, 3.63) is 12.4 Å². The van der Waals surface area contributed by atoms with Gasteiger partial charge in [0.15, 0.2) is 0 Å². The fraction of sp³-hybridized carbons (Fsp3) is 0.778. The highest BCUT2D eigenvalue weighted by atomic mass is 32.2. The third-order valence-corrected chi connectivity index (χ3v) is 8.06. The van der Waals surface area contributed by atoms with E-state index in [0.29, 0.717) is 30.7 Å². The smallest absolute Gasteiger partial charge is 0.234 e. The molecule has 3 fully saturated rings. The van der Waals surface area contributed by atoms with Gasteiger partial charge in [-0.3, -0.25) is 4.98 Å². The van der Waals surface area contributed by atoms with Crippen LogP contribution in [0.3, 0.4) is 0 Å². The summed E-state index contributed by atoms with van der Waals surface area (Å²) in [6, 6.07) is 0.222. The zero-order valence-corrected chi connectivity index (χ0v) is 16.0. The minimum absolute atomic E-state index is 0.119. The molecule has 26 heavy (non-hydrogen) atoms. The summed E-state index contributed by atoms with van der Waals surface area (Å²) in [6.07, 6.45) is 11.7. The molecule has 0 radical (unpaired) electrons. The summed E-state index contributed by atoms with van der Waals surface area (Å²) >= 11 is 0. The quantitative estimate of drug-likeness (QED) is 0.782. The number of nitrogens with one attached hydrogen (secondary N) is 1. The van der Waals surface area contributed by atoms with E-state index in [4.69, 9.17) is 4.74 Å². The number of piperidine rings is 1. The Labute approximate surface area is 155 Å². The van der Waals surface area contributed by atoms with Gasteiger partial charge < -0.3 is 10.1 Å². The van der Waals surface area contributed by atoms with E-state index in [1.807, 2.05) is 0 Å². The molecule has 8 heteroatoms. The van der Waals surface area contributed by atoms with Crippen LogP contribution in [0.25, 0.3) is 0 Å². The van der Waals surface area contributed by atoms with Gasteiger partial charge in [0.05, 0.1) is 24.3 Å². The number of aromatic nitrogens is 2. The van der Waals surface area contributed by atoms with Crippen LogP contribution in [0.5, 0.6) is 5.88 Å². The van der Waals surface area contributed by atoms with E-state index in [1.165, 1.54) is 25.7 Å². The second-order valence-corrected chi connectivity index (χ2v) is 9.98. The Morgan fingerprint density at radius 3 is 2.50 bits per heavy atom. The molecule has 3 aliphatic rings. The summed E-state index contributed by atoms with van der Waals surface area (Å²) in [5.74, 6) is 1.92. The fourth-order valence-corrected chi connectivity index (χ4v) is 5.78. The van der Waals surface area contributed by atoms with Gasteiger partial charge >= 0.3 is 0 Å². The standard InChI is InChI=1S/C18H28N4O3S/c23-26(24,16-5-6-16)22-9-7-15(8-10-22)20-17-11-19-12-18(21-17)25-13-14-3-1-2-4-14/h11-12,14-16H,1-10,13H2,(H,20,21). The van der Waals surface area contributed by atoms with Gasteiger partial charge in [-0.15, -0.1) is 0 Å². The average molecular weight is 381 g/mol. The monoisotopic (exact) mass is 380 g/mol. The van der Waals surface area contributed by atoms with Crippen molar-refractivity contribution in [2.24, 2.45) is 5.92 Å². The zero-order chi connectivity index (χ0) is 18.0. The largest absolute Gasteiger partial charge is 0.476 e. The highest BCUT2D eigenvalue weighted by Crippen LogP contribution is 2.32. The molecule has 1 saturated heterocycles. The first-order valence-corrected chi connectivity index (χ1v) is 11.3. The summed E-state index contributed by atoms with van der Waals surface area (Å²) in [6.45, 7) is 1.89. The molecule has 0 bridgehead atoms. The van der Waals surface area contributed by atoms with Crippen LogP contribution in [0, 0.1) is 5.92 Å². The van der Waals surface area contributed by atoms with Crippen LogP contribution in [-0.4, -0.2) is 53.7 Å². The molecule has 0 unspecified atom stereocenters. The maximum atomic E-state index is 12.3. The molecule has 0 aromatic carbocycles. The van der Waals surface area contributed by atoms with Gasteiger partial charge in [0.2, 0.25) is 15.9 Å². The van der Waals surface area contributed by atoms with Crippen LogP contribution in [0.4, 0.5) is 5.82 Å². The lowest BCUT2D eigenvalue weighted by atomic mass is 10.1. The summed E-state index contributed by atoms with van der Waals surface area (Å²) in [5.41, 5.74) is 0. The third-order valence-electron chi connectivity index (χ3n) is 5.67. The number of nitrogens with zero attached hydrogens (tertiary/aromatic N) is 3. The lowest BCUT2D eigenvalue weighted by Crippen LogP contribution is -2.43. The summed E-state index contributed by atoms with van der Waals surface area (Å²) in [7, 11) is -3.05. The van der Waals surface area contributed by atoms with Crippen molar-refractivity contribution < 1.29 is 13.2 Å². The highest BCUT2D eigenvalue weighted by molar-refractivity contribution is 7.90. The summed E-state index contributed by atoms with van der Waals surface area (Å²) in [5, 5.41) is 3.27. The normalized spacial score (nSPS) is 23.2. The lowest BCUT2D eigenvalue weighted by molar-refractivity contribution is 0.243. The predicted octanol–water partition coefficient (Wildman–Crippen LogP) is 2.41. The molecule has 0 spiro atoms. The van der Waals surface area contributed by atoms with E-state index < -0.39 is 10.0 Å². The summed E-state index contributed by atoms with van der Waals surface area (Å²) in [4.78, 5) is 8.73. The van der Waals surface area contributed by atoms with Crippen LogP contribution < -0.4 is 10.1 Å². The van der Waals surface area contributed by atoms with E-state index in [1.54, 1.807) is 16.7 Å². The van der Waals surface area contributed by atoms with Crippen molar-refractivity contribution in [1.82, 2.24) is 14.3 Å². The fourth-order valence-electron chi connectivity index (χ4n) is 3.91.